The maximum absolute atomic E-state index is 5.88. The number of aryl methyl sites for hydroxylation is 1. The van der Waals surface area contributed by atoms with Crippen molar-refractivity contribution < 1.29 is 0 Å². The molecule has 1 radical (unpaired) electrons. The van der Waals surface area contributed by atoms with Crippen molar-refractivity contribution in [2.45, 2.75) is 12.8 Å². The minimum atomic E-state index is 0.154. The van der Waals surface area contributed by atoms with Crippen LogP contribution >= 0.6 is 11.6 Å². The Morgan fingerprint density at radius 1 is 1.50 bits per heavy atom. The van der Waals surface area contributed by atoms with E-state index in [1.807, 2.05) is 31.2 Å². The van der Waals surface area contributed by atoms with Crippen molar-refractivity contribution in [3.05, 3.63) is 53.9 Å². The molecule has 1 unspecified atom stereocenters. The molecule has 1 rings (SSSR count). The predicted octanol–water partition coefficient (Wildman–Crippen LogP) is 3.75. The van der Waals surface area contributed by atoms with Crippen molar-refractivity contribution >= 4 is 11.6 Å². The number of halogens is 1. The second-order valence-corrected chi connectivity index (χ2v) is 3.26. The molecule has 0 heterocycles. The summed E-state index contributed by atoms with van der Waals surface area (Å²) in [7, 11) is 0. The van der Waals surface area contributed by atoms with Gasteiger partial charge in [-0.3, -0.25) is 0 Å². The number of benzene rings is 1. The molecule has 0 fully saturated rings. The summed E-state index contributed by atoms with van der Waals surface area (Å²) in [5.74, 6) is 0.154. The first-order valence-electron chi connectivity index (χ1n) is 3.87. The Balaban J connectivity index is 3.04. The summed E-state index contributed by atoms with van der Waals surface area (Å²) in [6, 6.07) is 5.92. The van der Waals surface area contributed by atoms with Crippen molar-refractivity contribution in [3.63, 3.8) is 0 Å². The fourth-order valence-corrected chi connectivity index (χ4v) is 1.15. The van der Waals surface area contributed by atoms with Gasteiger partial charge in [0.1, 0.15) is 0 Å². The summed E-state index contributed by atoms with van der Waals surface area (Å²) in [4.78, 5) is 0. The van der Waals surface area contributed by atoms with E-state index in [9.17, 15) is 0 Å². The molecule has 0 nitrogen and oxygen atoms in total. The summed E-state index contributed by atoms with van der Waals surface area (Å²) < 4.78 is 0. The van der Waals surface area contributed by atoms with Crippen LogP contribution in [-0.2, 0) is 0 Å². The molecule has 0 aliphatic heterocycles. The van der Waals surface area contributed by atoms with Crippen molar-refractivity contribution in [1.29, 1.82) is 0 Å². The SMILES string of the molecule is [CH2]C(C=C)c1ccc(Cl)c(C)c1. The Bertz CT molecular complexity index is 289. The molecule has 0 N–H and O–H groups in total. The average Bonchev–Trinajstić information content (AvgIpc) is 2.08. The Labute approximate surface area is 78.9 Å². The fraction of sp³-hybridized carbons (Fsp3) is 0.182. The van der Waals surface area contributed by atoms with Crippen LogP contribution in [-0.4, -0.2) is 0 Å². The van der Waals surface area contributed by atoms with Crippen LogP contribution in [0.2, 0.25) is 5.02 Å². The van der Waals surface area contributed by atoms with Crippen LogP contribution < -0.4 is 0 Å². The highest BCUT2D eigenvalue weighted by atomic mass is 35.5. The standard InChI is InChI=1S/C11H12Cl/c1-4-8(2)10-5-6-11(12)9(3)7-10/h4-8H,1-2H2,3H3. The van der Waals surface area contributed by atoms with Crippen molar-refractivity contribution in [3.8, 4) is 0 Å². The first kappa shape index (κ1) is 9.34. The zero-order chi connectivity index (χ0) is 9.14. The van der Waals surface area contributed by atoms with E-state index < -0.39 is 0 Å². The molecule has 12 heavy (non-hydrogen) atoms. The molecule has 0 saturated carbocycles. The molecule has 1 aromatic carbocycles. The van der Waals surface area contributed by atoms with E-state index in [0.29, 0.717) is 0 Å². The minimum Gasteiger partial charge on any atom is -0.102 e. The zero-order valence-corrected chi connectivity index (χ0v) is 7.93. The van der Waals surface area contributed by atoms with E-state index in [0.717, 1.165) is 16.1 Å². The molecule has 0 aromatic heterocycles. The summed E-state index contributed by atoms with van der Waals surface area (Å²) in [6.07, 6.45) is 1.82. The topological polar surface area (TPSA) is 0 Å². The second kappa shape index (κ2) is 3.77. The van der Waals surface area contributed by atoms with Gasteiger partial charge in [-0.2, -0.15) is 0 Å². The van der Waals surface area contributed by atoms with Crippen LogP contribution in [0.25, 0.3) is 0 Å². The summed E-state index contributed by atoms with van der Waals surface area (Å²) in [5.41, 5.74) is 2.25. The predicted molar refractivity (Wildman–Crippen MR) is 54.5 cm³/mol. The quantitative estimate of drug-likeness (QED) is 0.607. The van der Waals surface area contributed by atoms with E-state index in [2.05, 4.69) is 13.5 Å². The lowest BCUT2D eigenvalue weighted by Crippen LogP contribution is -1.89. The van der Waals surface area contributed by atoms with Gasteiger partial charge < -0.3 is 0 Å². The Kier molecular flexibility index (Phi) is 2.93. The first-order valence-corrected chi connectivity index (χ1v) is 4.24. The van der Waals surface area contributed by atoms with Gasteiger partial charge in [0.2, 0.25) is 0 Å². The van der Waals surface area contributed by atoms with Gasteiger partial charge in [-0.15, -0.1) is 6.58 Å². The molecule has 63 valence electrons. The lowest BCUT2D eigenvalue weighted by Gasteiger charge is -2.07. The maximum Gasteiger partial charge on any atom is 0.0435 e. The zero-order valence-electron chi connectivity index (χ0n) is 7.18. The number of rotatable bonds is 2. The van der Waals surface area contributed by atoms with Crippen LogP contribution in [0, 0.1) is 13.8 Å². The Morgan fingerprint density at radius 3 is 2.67 bits per heavy atom. The third kappa shape index (κ3) is 1.89. The molecule has 0 saturated heterocycles. The van der Waals surface area contributed by atoms with Crippen molar-refractivity contribution in [1.82, 2.24) is 0 Å². The molecule has 1 atom stereocenters. The molecule has 1 heteroatoms. The van der Waals surface area contributed by atoms with E-state index in [1.54, 1.807) is 0 Å². The summed E-state index contributed by atoms with van der Waals surface area (Å²) >= 11 is 5.88. The molecule has 0 spiro atoms. The molecular formula is C11H12Cl. The van der Waals surface area contributed by atoms with E-state index in [1.165, 1.54) is 0 Å². The van der Waals surface area contributed by atoms with Crippen LogP contribution in [0.4, 0.5) is 0 Å². The molecule has 0 aliphatic carbocycles. The largest absolute Gasteiger partial charge is 0.102 e. The third-order valence-electron chi connectivity index (χ3n) is 1.89. The highest BCUT2D eigenvalue weighted by Gasteiger charge is 2.02. The van der Waals surface area contributed by atoms with E-state index in [4.69, 9.17) is 11.6 Å². The van der Waals surface area contributed by atoms with Gasteiger partial charge in [0.15, 0.2) is 0 Å². The maximum atomic E-state index is 5.88. The molecule has 0 aliphatic rings. The Hall–Kier alpha value is -0.750. The monoisotopic (exact) mass is 179 g/mol. The normalized spacial score (nSPS) is 12.6. The minimum absolute atomic E-state index is 0.154. The van der Waals surface area contributed by atoms with Gasteiger partial charge in [0, 0.05) is 10.9 Å². The molecule has 0 amide bonds. The van der Waals surface area contributed by atoms with Crippen LogP contribution in [0.5, 0.6) is 0 Å². The Morgan fingerprint density at radius 2 is 2.17 bits per heavy atom. The lowest BCUT2D eigenvalue weighted by atomic mass is 10.00. The highest BCUT2D eigenvalue weighted by molar-refractivity contribution is 6.31. The number of hydrogen-bond acceptors (Lipinski definition) is 0. The molecule has 1 aromatic rings. The van der Waals surface area contributed by atoms with Gasteiger partial charge in [-0.05, 0) is 31.0 Å². The van der Waals surface area contributed by atoms with Gasteiger partial charge in [-0.1, -0.05) is 29.8 Å². The van der Waals surface area contributed by atoms with Gasteiger partial charge in [-0.25, -0.2) is 0 Å². The summed E-state index contributed by atoms with van der Waals surface area (Å²) in [6.45, 7) is 9.62. The van der Waals surface area contributed by atoms with Crippen LogP contribution in [0.15, 0.2) is 30.9 Å². The molecule has 0 bridgehead atoms. The van der Waals surface area contributed by atoms with E-state index in [-0.39, 0.29) is 5.92 Å². The number of allylic oxidation sites excluding steroid dienone is 1. The first-order chi connectivity index (χ1) is 5.65. The molecular weight excluding hydrogens is 168 g/mol. The van der Waals surface area contributed by atoms with Crippen LogP contribution in [0.3, 0.4) is 0 Å². The van der Waals surface area contributed by atoms with Gasteiger partial charge in [0.25, 0.3) is 0 Å². The highest BCUT2D eigenvalue weighted by Crippen LogP contribution is 2.21. The smallest absolute Gasteiger partial charge is 0.0435 e. The fourth-order valence-electron chi connectivity index (χ4n) is 1.03. The average molecular weight is 180 g/mol. The van der Waals surface area contributed by atoms with Crippen molar-refractivity contribution in [2.24, 2.45) is 0 Å². The van der Waals surface area contributed by atoms with Gasteiger partial charge in [0.05, 0.1) is 0 Å². The summed E-state index contributed by atoms with van der Waals surface area (Å²) in [5, 5.41) is 0.801. The second-order valence-electron chi connectivity index (χ2n) is 2.85. The van der Waals surface area contributed by atoms with Crippen molar-refractivity contribution in [2.75, 3.05) is 0 Å². The van der Waals surface area contributed by atoms with Crippen LogP contribution in [0.1, 0.15) is 17.0 Å². The van der Waals surface area contributed by atoms with Gasteiger partial charge >= 0.3 is 0 Å². The number of hydrogen-bond donors (Lipinski definition) is 0. The third-order valence-corrected chi connectivity index (χ3v) is 2.32. The lowest BCUT2D eigenvalue weighted by molar-refractivity contribution is 1.08. The van der Waals surface area contributed by atoms with E-state index >= 15 is 0 Å².